The minimum Gasteiger partial charge on any atom is -0.480 e. The van der Waals surface area contributed by atoms with Gasteiger partial charge >= 0.3 is 5.97 Å². The van der Waals surface area contributed by atoms with Crippen LogP contribution >= 0.6 is 35.6 Å². The van der Waals surface area contributed by atoms with Crippen LogP contribution in [0.4, 0.5) is 0 Å². The number of rotatable bonds is 4. The van der Waals surface area contributed by atoms with Crippen molar-refractivity contribution in [1.82, 2.24) is 4.90 Å². The molecular weight excluding hydrogens is 330 g/mol. The van der Waals surface area contributed by atoms with Crippen LogP contribution in [0.1, 0.15) is 5.56 Å². The summed E-state index contributed by atoms with van der Waals surface area (Å²) in [5, 5.41) is 9.12. The molecule has 1 aliphatic heterocycles. The van der Waals surface area contributed by atoms with Crippen molar-refractivity contribution in [3.63, 3.8) is 0 Å². The summed E-state index contributed by atoms with van der Waals surface area (Å²) in [6, 6.07) is 9.41. The van der Waals surface area contributed by atoms with E-state index in [1.165, 1.54) is 6.08 Å². The molecule has 1 N–H and O–H groups in total. The maximum absolute atomic E-state index is 12.0. The van der Waals surface area contributed by atoms with Crippen molar-refractivity contribution in [1.29, 1.82) is 0 Å². The molecular formula is C14H10ClNO3S2. The van der Waals surface area contributed by atoms with Crippen LogP contribution in [0.2, 0.25) is 0 Å². The molecule has 0 atom stereocenters. The topological polar surface area (TPSA) is 57.6 Å². The van der Waals surface area contributed by atoms with E-state index in [0.29, 0.717) is 9.94 Å². The molecule has 0 bridgehead atoms. The molecule has 1 saturated heterocycles. The zero-order chi connectivity index (χ0) is 15.4. The third-order valence-corrected chi connectivity index (χ3v) is 4.14. The van der Waals surface area contributed by atoms with Crippen LogP contribution < -0.4 is 0 Å². The number of benzene rings is 1. The van der Waals surface area contributed by atoms with Crippen molar-refractivity contribution < 1.29 is 14.7 Å². The molecule has 1 amide bonds. The quantitative estimate of drug-likeness (QED) is 0.674. The van der Waals surface area contributed by atoms with Crippen molar-refractivity contribution in [2.45, 2.75) is 0 Å². The van der Waals surface area contributed by atoms with Gasteiger partial charge in [0.2, 0.25) is 0 Å². The first-order valence-electron chi connectivity index (χ1n) is 5.87. The standard InChI is InChI=1S/C14H10ClNO3S2/c15-10(6-9-4-2-1-3-5-9)7-11-13(19)16(8-12(17)18)14(20)21-11/h1-7H,8H2,(H,17,18)/b10-6-,11-7-. The van der Waals surface area contributed by atoms with Crippen LogP contribution in [0.15, 0.2) is 46.3 Å². The fraction of sp³-hybridized carbons (Fsp3) is 0.0714. The Morgan fingerprint density at radius 2 is 2.05 bits per heavy atom. The highest BCUT2D eigenvalue weighted by molar-refractivity contribution is 8.26. The molecule has 1 aliphatic rings. The van der Waals surface area contributed by atoms with Crippen LogP contribution in [-0.2, 0) is 9.59 Å². The Morgan fingerprint density at radius 1 is 1.38 bits per heavy atom. The largest absolute Gasteiger partial charge is 0.480 e. The normalized spacial score (nSPS) is 17.7. The van der Waals surface area contributed by atoms with Crippen molar-refractivity contribution in [3.8, 4) is 0 Å². The highest BCUT2D eigenvalue weighted by Gasteiger charge is 2.33. The lowest BCUT2D eigenvalue weighted by Gasteiger charge is -2.10. The van der Waals surface area contributed by atoms with Gasteiger partial charge in [-0.1, -0.05) is 65.9 Å². The molecule has 4 nitrogen and oxygen atoms in total. The Bertz CT molecular complexity index is 655. The van der Waals surface area contributed by atoms with Crippen LogP contribution in [-0.4, -0.2) is 32.7 Å². The van der Waals surface area contributed by atoms with E-state index in [9.17, 15) is 9.59 Å². The smallest absolute Gasteiger partial charge is 0.323 e. The van der Waals surface area contributed by atoms with Crippen LogP contribution in [0.3, 0.4) is 0 Å². The number of nitrogens with zero attached hydrogens (tertiary/aromatic N) is 1. The maximum atomic E-state index is 12.0. The van der Waals surface area contributed by atoms with E-state index in [4.69, 9.17) is 28.9 Å². The van der Waals surface area contributed by atoms with Gasteiger partial charge in [0.25, 0.3) is 5.91 Å². The second-order valence-electron chi connectivity index (χ2n) is 4.10. The first-order chi connectivity index (χ1) is 9.97. The summed E-state index contributed by atoms with van der Waals surface area (Å²) in [6.07, 6.45) is 3.21. The van der Waals surface area contributed by atoms with Gasteiger partial charge in [0, 0.05) is 5.03 Å². The predicted molar refractivity (Wildman–Crippen MR) is 87.9 cm³/mol. The number of thioether (sulfide) groups is 1. The van der Waals surface area contributed by atoms with E-state index >= 15 is 0 Å². The van der Waals surface area contributed by atoms with Crippen molar-refractivity contribution >= 4 is 57.9 Å². The Labute approximate surface area is 136 Å². The molecule has 21 heavy (non-hydrogen) atoms. The molecule has 0 radical (unpaired) electrons. The average molecular weight is 340 g/mol. The van der Waals surface area contributed by atoms with Crippen molar-refractivity contribution in [2.24, 2.45) is 0 Å². The van der Waals surface area contributed by atoms with Crippen molar-refractivity contribution in [2.75, 3.05) is 6.54 Å². The molecule has 2 rings (SSSR count). The van der Waals surface area contributed by atoms with Gasteiger partial charge in [-0.2, -0.15) is 0 Å². The van der Waals surface area contributed by atoms with Gasteiger partial charge in [-0.05, 0) is 17.7 Å². The third kappa shape index (κ3) is 4.17. The number of carbonyl (C=O) groups excluding carboxylic acids is 1. The average Bonchev–Trinajstić information content (AvgIpc) is 2.67. The molecule has 0 aliphatic carbocycles. The number of carboxylic acid groups (broad SMARTS) is 1. The molecule has 1 aromatic rings. The lowest BCUT2D eigenvalue weighted by atomic mass is 10.2. The molecule has 1 aromatic carbocycles. The van der Waals surface area contributed by atoms with E-state index in [-0.39, 0.29) is 4.32 Å². The minimum absolute atomic E-state index is 0.220. The van der Waals surface area contributed by atoms with E-state index in [0.717, 1.165) is 22.2 Å². The fourth-order valence-electron chi connectivity index (χ4n) is 1.65. The van der Waals surface area contributed by atoms with Crippen LogP contribution in [0.5, 0.6) is 0 Å². The van der Waals surface area contributed by atoms with Gasteiger partial charge in [-0.15, -0.1) is 0 Å². The molecule has 1 heterocycles. The number of carboxylic acids is 1. The number of amides is 1. The number of carbonyl (C=O) groups is 2. The monoisotopic (exact) mass is 339 g/mol. The van der Waals surface area contributed by atoms with Gasteiger partial charge in [0.1, 0.15) is 10.9 Å². The number of hydrogen-bond acceptors (Lipinski definition) is 4. The molecule has 0 unspecified atom stereocenters. The molecule has 108 valence electrons. The van der Waals surface area contributed by atoms with Gasteiger partial charge in [0.05, 0.1) is 4.91 Å². The minimum atomic E-state index is -1.11. The number of thiocarbonyl (C=S) groups is 1. The number of hydrogen-bond donors (Lipinski definition) is 1. The van der Waals surface area contributed by atoms with E-state index in [1.54, 1.807) is 6.08 Å². The van der Waals surface area contributed by atoms with E-state index in [1.807, 2.05) is 30.3 Å². The highest BCUT2D eigenvalue weighted by Crippen LogP contribution is 2.32. The molecule has 0 spiro atoms. The van der Waals surface area contributed by atoms with Gasteiger partial charge in [-0.25, -0.2) is 0 Å². The summed E-state index contributed by atoms with van der Waals surface area (Å²) in [5.74, 6) is -1.55. The van der Waals surface area contributed by atoms with Crippen LogP contribution in [0, 0.1) is 0 Å². The Balaban J connectivity index is 2.18. The number of allylic oxidation sites excluding steroid dienone is 2. The molecule has 0 saturated carbocycles. The SMILES string of the molecule is O=C(O)CN1C(=O)/C(=C/C(Cl)=C/c2ccccc2)SC1=S. The Morgan fingerprint density at radius 3 is 2.67 bits per heavy atom. The maximum Gasteiger partial charge on any atom is 0.323 e. The Kier molecular flexibility index (Phi) is 5.17. The molecule has 1 fully saturated rings. The number of aliphatic carboxylic acids is 1. The second kappa shape index (κ2) is 6.89. The summed E-state index contributed by atoms with van der Waals surface area (Å²) in [7, 11) is 0. The van der Waals surface area contributed by atoms with Gasteiger partial charge in [0.15, 0.2) is 0 Å². The fourth-order valence-corrected chi connectivity index (χ4v) is 3.19. The van der Waals surface area contributed by atoms with Gasteiger partial charge < -0.3 is 5.11 Å². The zero-order valence-corrected chi connectivity index (χ0v) is 13.0. The second-order valence-corrected chi connectivity index (χ2v) is 6.21. The van der Waals surface area contributed by atoms with E-state index < -0.39 is 18.4 Å². The summed E-state index contributed by atoms with van der Waals surface area (Å²) < 4.78 is 0.220. The summed E-state index contributed by atoms with van der Waals surface area (Å²) in [6.45, 7) is -0.442. The molecule has 7 heteroatoms. The predicted octanol–water partition coefficient (Wildman–Crippen LogP) is 3.10. The van der Waals surface area contributed by atoms with E-state index in [2.05, 4.69) is 0 Å². The number of halogens is 1. The van der Waals surface area contributed by atoms with Crippen LogP contribution in [0.25, 0.3) is 6.08 Å². The summed E-state index contributed by atoms with van der Waals surface area (Å²) in [5.41, 5.74) is 0.903. The highest BCUT2D eigenvalue weighted by atomic mass is 35.5. The lowest BCUT2D eigenvalue weighted by Crippen LogP contribution is -2.33. The third-order valence-electron chi connectivity index (χ3n) is 2.54. The zero-order valence-electron chi connectivity index (χ0n) is 10.7. The summed E-state index contributed by atoms with van der Waals surface area (Å²) in [4.78, 5) is 24.1. The lowest BCUT2D eigenvalue weighted by molar-refractivity contribution is -0.140. The first kappa shape index (κ1) is 15.8. The van der Waals surface area contributed by atoms with Gasteiger partial charge in [-0.3, -0.25) is 14.5 Å². The summed E-state index contributed by atoms with van der Waals surface area (Å²) >= 11 is 12.1. The Hall–Kier alpha value is -1.63. The first-order valence-corrected chi connectivity index (χ1v) is 7.47. The molecule has 0 aromatic heterocycles. The van der Waals surface area contributed by atoms with Crippen molar-refractivity contribution in [3.05, 3.63) is 51.9 Å².